The van der Waals surface area contributed by atoms with Gasteiger partial charge in [0.15, 0.2) is 0 Å². The molecule has 0 heterocycles. The van der Waals surface area contributed by atoms with E-state index in [1.54, 1.807) is 30.3 Å². The molecule has 1 atom stereocenters. The number of carbonyl (C=O) groups excluding carboxylic acids is 2. The SMILES string of the molecule is COc1ccc(N(CC(=O)N(Cc2cccc(OC)c2)[C@H](Cc2ccccc2)C(=O)NC2CCCCC2)S(=O)(=O)c2ccc(C)c([N+](=O)[O-])c2)cc1. The molecule has 2 amide bonds. The zero-order valence-corrected chi connectivity index (χ0v) is 30.4. The molecule has 52 heavy (non-hydrogen) atoms. The minimum atomic E-state index is -4.57. The van der Waals surface area contributed by atoms with Crippen molar-refractivity contribution in [2.75, 3.05) is 25.1 Å². The Morgan fingerprint density at radius 2 is 1.54 bits per heavy atom. The summed E-state index contributed by atoms with van der Waals surface area (Å²) in [5, 5.41) is 15.0. The van der Waals surface area contributed by atoms with E-state index in [1.807, 2.05) is 36.4 Å². The third kappa shape index (κ3) is 9.26. The molecular formula is C39H44N4O8S. The smallest absolute Gasteiger partial charge is 0.273 e. The van der Waals surface area contributed by atoms with Crippen LogP contribution in [-0.2, 0) is 32.6 Å². The predicted molar refractivity (Wildman–Crippen MR) is 198 cm³/mol. The number of nitro groups is 1. The molecule has 274 valence electrons. The van der Waals surface area contributed by atoms with Crippen LogP contribution in [0.15, 0.2) is 102 Å². The van der Waals surface area contributed by atoms with Gasteiger partial charge in [0.2, 0.25) is 11.8 Å². The third-order valence-electron chi connectivity index (χ3n) is 9.31. The largest absolute Gasteiger partial charge is 0.497 e. The lowest BCUT2D eigenvalue weighted by molar-refractivity contribution is -0.385. The summed E-state index contributed by atoms with van der Waals surface area (Å²) in [6.45, 7) is 0.779. The van der Waals surface area contributed by atoms with Gasteiger partial charge in [-0.2, -0.15) is 0 Å². The van der Waals surface area contributed by atoms with Crippen LogP contribution < -0.4 is 19.1 Å². The number of hydrogen-bond acceptors (Lipinski definition) is 8. The van der Waals surface area contributed by atoms with Crippen molar-refractivity contribution in [3.05, 3.63) is 124 Å². The quantitative estimate of drug-likeness (QED) is 0.112. The van der Waals surface area contributed by atoms with Crippen molar-refractivity contribution in [3.8, 4) is 11.5 Å². The highest BCUT2D eigenvalue weighted by Gasteiger charge is 2.36. The molecule has 0 saturated heterocycles. The lowest BCUT2D eigenvalue weighted by Gasteiger charge is -2.35. The molecule has 1 N–H and O–H groups in total. The van der Waals surface area contributed by atoms with Crippen LogP contribution in [0.1, 0.15) is 48.8 Å². The Morgan fingerprint density at radius 1 is 0.865 bits per heavy atom. The number of nitrogens with zero attached hydrogens (tertiary/aromatic N) is 3. The monoisotopic (exact) mass is 728 g/mol. The van der Waals surface area contributed by atoms with Gasteiger partial charge in [-0.25, -0.2) is 8.42 Å². The number of hydrogen-bond donors (Lipinski definition) is 1. The van der Waals surface area contributed by atoms with Crippen molar-refractivity contribution < 1.29 is 32.4 Å². The van der Waals surface area contributed by atoms with Gasteiger partial charge in [-0.05, 0) is 73.4 Å². The minimum Gasteiger partial charge on any atom is -0.497 e. The maximum atomic E-state index is 14.8. The van der Waals surface area contributed by atoms with Crippen molar-refractivity contribution >= 4 is 33.2 Å². The first-order valence-electron chi connectivity index (χ1n) is 17.2. The number of rotatable bonds is 15. The first-order valence-corrected chi connectivity index (χ1v) is 18.6. The fraction of sp³-hybridized carbons (Fsp3) is 0.333. The number of aryl methyl sites for hydroxylation is 1. The average Bonchev–Trinajstić information content (AvgIpc) is 3.16. The van der Waals surface area contributed by atoms with Crippen LogP contribution in [0.25, 0.3) is 0 Å². The molecule has 5 rings (SSSR count). The molecule has 13 heteroatoms. The number of methoxy groups -OCH3 is 2. The van der Waals surface area contributed by atoms with Crippen LogP contribution in [-0.4, -0.2) is 62.9 Å². The molecule has 0 aliphatic heterocycles. The summed E-state index contributed by atoms with van der Waals surface area (Å²) in [5.41, 5.74) is 1.54. The normalized spacial score (nSPS) is 13.8. The Balaban J connectivity index is 1.60. The van der Waals surface area contributed by atoms with Gasteiger partial charge in [-0.15, -0.1) is 0 Å². The van der Waals surface area contributed by atoms with Crippen molar-refractivity contribution in [1.29, 1.82) is 0 Å². The summed E-state index contributed by atoms with van der Waals surface area (Å²) in [7, 11) is -1.56. The zero-order valence-electron chi connectivity index (χ0n) is 29.6. The van der Waals surface area contributed by atoms with Gasteiger partial charge in [-0.3, -0.25) is 24.0 Å². The summed E-state index contributed by atoms with van der Waals surface area (Å²) in [4.78, 5) is 41.4. The Labute approximate surface area is 304 Å². The topological polar surface area (TPSA) is 148 Å². The maximum Gasteiger partial charge on any atom is 0.273 e. The minimum absolute atomic E-state index is 0.0296. The molecule has 0 unspecified atom stereocenters. The number of carbonyl (C=O) groups is 2. The molecule has 0 spiro atoms. The van der Waals surface area contributed by atoms with Crippen molar-refractivity contribution in [1.82, 2.24) is 10.2 Å². The lowest BCUT2D eigenvalue weighted by Crippen LogP contribution is -2.55. The number of nitro benzene ring substituents is 1. The fourth-order valence-electron chi connectivity index (χ4n) is 6.42. The van der Waals surface area contributed by atoms with E-state index in [9.17, 15) is 28.1 Å². The molecular weight excluding hydrogens is 685 g/mol. The summed E-state index contributed by atoms with van der Waals surface area (Å²) in [6, 6.07) is 25.2. The van der Waals surface area contributed by atoms with Gasteiger partial charge in [0.05, 0.1) is 29.7 Å². The van der Waals surface area contributed by atoms with Crippen molar-refractivity contribution in [2.24, 2.45) is 0 Å². The van der Waals surface area contributed by atoms with Gasteiger partial charge < -0.3 is 19.7 Å². The van der Waals surface area contributed by atoms with Gasteiger partial charge in [0.1, 0.15) is 24.1 Å². The van der Waals surface area contributed by atoms with E-state index in [1.165, 1.54) is 50.3 Å². The first-order chi connectivity index (χ1) is 25.0. The highest BCUT2D eigenvalue weighted by Crippen LogP contribution is 2.30. The maximum absolute atomic E-state index is 14.8. The van der Waals surface area contributed by atoms with Gasteiger partial charge in [0.25, 0.3) is 15.7 Å². The first kappa shape index (κ1) is 37.8. The third-order valence-corrected chi connectivity index (χ3v) is 11.1. The van der Waals surface area contributed by atoms with Crippen molar-refractivity contribution in [3.63, 3.8) is 0 Å². The molecule has 1 saturated carbocycles. The van der Waals surface area contributed by atoms with E-state index in [0.717, 1.165) is 48.0 Å². The molecule has 12 nitrogen and oxygen atoms in total. The van der Waals surface area contributed by atoms with E-state index >= 15 is 0 Å². The standard InChI is InChI=1S/C39H44N4O8S/c1-28-17-22-35(25-36(28)43(46)47)52(48,49)42(32-18-20-33(50-2)21-19-32)27-38(44)41(26-30-13-10-16-34(23-30)51-3)37(24-29-11-6-4-7-12-29)39(45)40-31-14-8-5-9-15-31/h4,6-7,10-13,16-23,25,31,37H,5,8-9,14-15,24,26-27H2,1-3H3,(H,40,45)/t37-/m1/s1. The molecule has 1 aliphatic carbocycles. The van der Waals surface area contributed by atoms with Crippen molar-refractivity contribution in [2.45, 2.75) is 69.0 Å². The molecule has 4 aromatic carbocycles. The molecule has 0 radical (unpaired) electrons. The van der Waals surface area contributed by atoms with Crippen LogP contribution in [0.5, 0.6) is 11.5 Å². The molecule has 1 aliphatic rings. The number of ether oxygens (including phenoxy) is 2. The van der Waals surface area contributed by atoms with Gasteiger partial charge >= 0.3 is 0 Å². The Morgan fingerprint density at radius 3 is 2.19 bits per heavy atom. The summed E-state index contributed by atoms with van der Waals surface area (Å²) < 4.78 is 40.5. The number of nitrogens with one attached hydrogen (secondary N) is 1. The molecule has 0 bridgehead atoms. The predicted octanol–water partition coefficient (Wildman–Crippen LogP) is 6.20. The molecule has 0 aromatic heterocycles. The zero-order chi connectivity index (χ0) is 37.3. The Kier molecular flexibility index (Phi) is 12.5. The molecule has 4 aromatic rings. The summed E-state index contributed by atoms with van der Waals surface area (Å²) in [6.07, 6.45) is 4.92. The van der Waals surface area contributed by atoms with Crippen LogP contribution in [0, 0.1) is 17.0 Å². The molecule has 1 fully saturated rings. The van der Waals surface area contributed by atoms with Crippen LogP contribution in [0.2, 0.25) is 0 Å². The van der Waals surface area contributed by atoms with E-state index in [0.29, 0.717) is 17.1 Å². The van der Waals surface area contributed by atoms with Gasteiger partial charge in [0, 0.05) is 30.6 Å². The van der Waals surface area contributed by atoms with Gasteiger partial charge in [-0.1, -0.05) is 67.8 Å². The highest BCUT2D eigenvalue weighted by molar-refractivity contribution is 7.92. The average molecular weight is 729 g/mol. The number of sulfonamides is 1. The Bertz CT molecular complexity index is 1970. The summed E-state index contributed by atoms with van der Waals surface area (Å²) >= 11 is 0. The number of benzene rings is 4. The van der Waals surface area contributed by atoms with E-state index < -0.39 is 33.4 Å². The second-order valence-corrected chi connectivity index (χ2v) is 14.7. The lowest BCUT2D eigenvalue weighted by atomic mass is 9.94. The highest BCUT2D eigenvalue weighted by atomic mass is 32.2. The second-order valence-electron chi connectivity index (χ2n) is 12.8. The van der Waals surface area contributed by atoms with Crippen LogP contribution in [0.4, 0.5) is 11.4 Å². The van der Waals surface area contributed by atoms with E-state index in [4.69, 9.17) is 9.47 Å². The summed E-state index contributed by atoms with van der Waals surface area (Å²) in [5.74, 6) is 0.0310. The van der Waals surface area contributed by atoms with E-state index in [2.05, 4.69) is 5.32 Å². The number of amides is 2. The van der Waals surface area contributed by atoms with Crippen LogP contribution >= 0.6 is 0 Å². The van der Waals surface area contributed by atoms with Crippen LogP contribution in [0.3, 0.4) is 0 Å². The fourth-order valence-corrected chi connectivity index (χ4v) is 7.85. The Hall–Kier alpha value is -5.43. The number of anilines is 1. The second kappa shape index (κ2) is 17.2. The van der Waals surface area contributed by atoms with E-state index in [-0.39, 0.29) is 46.7 Å².